The van der Waals surface area contributed by atoms with Crippen LogP contribution in [0.25, 0.3) is 0 Å². The number of hydrogen-bond acceptors (Lipinski definition) is 2. The van der Waals surface area contributed by atoms with E-state index in [1.807, 2.05) is 0 Å². The second kappa shape index (κ2) is 5.87. The van der Waals surface area contributed by atoms with Gasteiger partial charge in [0, 0.05) is 30.7 Å². The lowest BCUT2D eigenvalue weighted by molar-refractivity contribution is 0.00688. The zero-order valence-electron chi connectivity index (χ0n) is 12.9. The maximum Gasteiger partial charge on any atom is 0.0476 e. The van der Waals surface area contributed by atoms with Crippen molar-refractivity contribution in [3.05, 3.63) is 35.9 Å². The fraction of sp³-hybridized carbons (Fsp3) is 0.667. The Kier molecular flexibility index (Phi) is 4.13. The molecule has 110 valence electrons. The van der Waals surface area contributed by atoms with Crippen molar-refractivity contribution in [1.29, 1.82) is 0 Å². The monoisotopic (exact) mass is 272 g/mol. The second-order valence-corrected chi connectivity index (χ2v) is 6.55. The summed E-state index contributed by atoms with van der Waals surface area (Å²) in [6.45, 7) is 6.98. The Labute approximate surface area is 123 Å². The molecule has 2 heteroatoms. The minimum absolute atomic E-state index is 0.334. The highest BCUT2D eigenvalue weighted by Gasteiger charge is 2.41. The normalized spacial score (nSPS) is 27.2. The third-order valence-electron chi connectivity index (χ3n) is 5.64. The molecule has 1 atom stereocenters. The van der Waals surface area contributed by atoms with Gasteiger partial charge in [-0.15, -0.1) is 0 Å². The predicted molar refractivity (Wildman–Crippen MR) is 84.8 cm³/mol. The van der Waals surface area contributed by atoms with Gasteiger partial charge in [0.1, 0.15) is 0 Å². The minimum atomic E-state index is 0.334. The summed E-state index contributed by atoms with van der Waals surface area (Å²) in [5.74, 6) is 0. The van der Waals surface area contributed by atoms with Gasteiger partial charge in [-0.2, -0.15) is 0 Å². The van der Waals surface area contributed by atoms with Crippen LogP contribution in [0, 0.1) is 0 Å². The molecule has 1 aliphatic heterocycles. The van der Waals surface area contributed by atoms with Crippen molar-refractivity contribution in [2.24, 2.45) is 0 Å². The number of benzene rings is 1. The Hall–Kier alpha value is -0.860. The van der Waals surface area contributed by atoms with Crippen molar-refractivity contribution < 1.29 is 0 Å². The van der Waals surface area contributed by atoms with Gasteiger partial charge < -0.3 is 5.32 Å². The van der Waals surface area contributed by atoms with Crippen LogP contribution in [-0.4, -0.2) is 29.6 Å². The molecular weight excluding hydrogens is 244 g/mol. The molecule has 1 unspecified atom stereocenters. The molecule has 2 fully saturated rings. The predicted octanol–water partition coefficient (Wildman–Crippen LogP) is 3.74. The van der Waals surface area contributed by atoms with Crippen LogP contribution in [0.4, 0.5) is 0 Å². The summed E-state index contributed by atoms with van der Waals surface area (Å²) in [7, 11) is 0. The summed E-state index contributed by atoms with van der Waals surface area (Å²) in [5, 5.41) is 3.87. The Morgan fingerprint density at radius 3 is 2.40 bits per heavy atom. The quantitative estimate of drug-likeness (QED) is 0.898. The average molecular weight is 272 g/mol. The summed E-state index contributed by atoms with van der Waals surface area (Å²) in [6, 6.07) is 12.4. The highest BCUT2D eigenvalue weighted by molar-refractivity contribution is 5.21. The van der Waals surface area contributed by atoms with Crippen molar-refractivity contribution in [2.75, 3.05) is 13.1 Å². The van der Waals surface area contributed by atoms with Gasteiger partial charge in [-0.25, -0.2) is 0 Å². The molecule has 20 heavy (non-hydrogen) atoms. The number of nitrogens with zero attached hydrogens (tertiary/aromatic N) is 1. The maximum absolute atomic E-state index is 3.87. The molecular formula is C18H28N2. The lowest BCUT2D eigenvalue weighted by Crippen LogP contribution is -2.63. The Morgan fingerprint density at radius 2 is 1.85 bits per heavy atom. The third kappa shape index (κ3) is 2.51. The lowest BCUT2D eigenvalue weighted by atomic mass is 9.82. The van der Waals surface area contributed by atoms with E-state index in [-0.39, 0.29) is 0 Å². The number of rotatable bonds is 4. The zero-order valence-corrected chi connectivity index (χ0v) is 12.9. The van der Waals surface area contributed by atoms with E-state index in [9.17, 15) is 0 Å². The maximum atomic E-state index is 3.87. The molecule has 0 amide bonds. The van der Waals surface area contributed by atoms with Crippen LogP contribution in [0.2, 0.25) is 0 Å². The molecule has 0 bridgehead atoms. The molecule has 1 heterocycles. The molecule has 2 nitrogen and oxygen atoms in total. The van der Waals surface area contributed by atoms with E-state index < -0.39 is 0 Å². The Bertz CT molecular complexity index is 420. The first-order chi connectivity index (χ1) is 9.78. The van der Waals surface area contributed by atoms with Gasteiger partial charge in [-0.05, 0) is 31.2 Å². The van der Waals surface area contributed by atoms with Gasteiger partial charge in [0.05, 0.1) is 0 Å². The van der Waals surface area contributed by atoms with E-state index in [1.54, 1.807) is 0 Å². The first-order valence-corrected chi connectivity index (χ1v) is 8.34. The highest BCUT2D eigenvalue weighted by Crippen LogP contribution is 2.37. The molecule has 0 aromatic heterocycles. The smallest absolute Gasteiger partial charge is 0.0476 e. The van der Waals surface area contributed by atoms with Crippen molar-refractivity contribution in [3.63, 3.8) is 0 Å². The van der Waals surface area contributed by atoms with Gasteiger partial charge in [-0.1, -0.05) is 50.6 Å². The van der Waals surface area contributed by atoms with Crippen LogP contribution in [0.1, 0.15) is 57.6 Å². The van der Waals surface area contributed by atoms with Crippen molar-refractivity contribution in [3.8, 4) is 0 Å². The first kappa shape index (κ1) is 14.1. The molecule has 3 rings (SSSR count). The van der Waals surface area contributed by atoms with Gasteiger partial charge in [-0.3, -0.25) is 4.90 Å². The SMILES string of the molecule is CCC1(CC)CN(C2CCC2)C(c2ccccc2)CN1. The molecule has 0 spiro atoms. The topological polar surface area (TPSA) is 15.3 Å². The fourth-order valence-corrected chi connectivity index (χ4v) is 3.76. The van der Waals surface area contributed by atoms with E-state index >= 15 is 0 Å². The molecule has 0 radical (unpaired) electrons. The number of hydrogen-bond donors (Lipinski definition) is 1. The van der Waals surface area contributed by atoms with Crippen LogP contribution >= 0.6 is 0 Å². The first-order valence-electron chi connectivity index (χ1n) is 8.34. The van der Waals surface area contributed by atoms with Crippen molar-refractivity contribution in [2.45, 2.75) is 63.6 Å². The third-order valence-corrected chi connectivity index (χ3v) is 5.64. The number of piperazine rings is 1. The molecule has 1 aromatic rings. The van der Waals surface area contributed by atoms with Gasteiger partial charge in [0.25, 0.3) is 0 Å². The van der Waals surface area contributed by atoms with E-state index in [4.69, 9.17) is 0 Å². The van der Waals surface area contributed by atoms with Gasteiger partial charge in [0.2, 0.25) is 0 Å². The average Bonchev–Trinajstić information content (AvgIpc) is 2.46. The summed E-state index contributed by atoms with van der Waals surface area (Å²) >= 11 is 0. The highest BCUT2D eigenvalue weighted by atomic mass is 15.3. The number of nitrogens with one attached hydrogen (secondary N) is 1. The molecule has 1 saturated carbocycles. The van der Waals surface area contributed by atoms with Crippen LogP contribution in [0.5, 0.6) is 0 Å². The molecule has 1 N–H and O–H groups in total. The van der Waals surface area contributed by atoms with E-state index in [0.717, 1.165) is 12.6 Å². The van der Waals surface area contributed by atoms with Crippen molar-refractivity contribution in [1.82, 2.24) is 10.2 Å². The lowest BCUT2D eigenvalue weighted by Gasteiger charge is -2.52. The zero-order chi connectivity index (χ0) is 14.0. The largest absolute Gasteiger partial charge is 0.308 e. The van der Waals surface area contributed by atoms with E-state index in [1.165, 1.54) is 44.2 Å². The Morgan fingerprint density at radius 1 is 1.15 bits per heavy atom. The Balaban J connectivity index is 1.83. The second-order valence-electron chi connectivity index (χ2n) is 6.55. The fourth-order valence-electron chi connectivity index (χ4n) is 3.76. The summed E-state index contributed by atoms with van der Waals surface area (Å²) in [6.07, 6.45) is 6.67. The van der Waals surface area contributed by atoms with Crippen LogP contribution in [0.15, 0.2) is 30.3 Å². The van der Waals surface area contributed by atoms with Crippen LogP contribution in [0.3, 0.4) is 0 Å². The van der Waals surface area contributed by atoms with E-state index in [0.29, 0.717) is 11.6 Å². The molecule has 1 aliphatic carbocycles. The standard InChI is InChI=1S/C18H28N2/c1-3-18(4-2)14-20(16-11-8-12-16)17(13-19-18)15-9-6-5-7-10-15/h5-7,9-10,16-17,19H,3-4,8,11-14H2,1-2H3. The van der Waals surface area contributed by atoms with E-state index in [2.05, 4.69) is 54.4 Å². The van der Waals surface area contributed by atoms with Gasteiger partial charge in [0.15, 0.2) is 0 Å². The summed E-state index contributed by atoms with van der Waals surface area (Å²) in [4.78, 5) is 2.81. The minimum Gasteiger partial charge on any atom is -0.308 e. The van der Waals surface area contributed by atoms with Gasteiger partial charge >= 0.3 is 0 Å². The summed E-state index contributed by atoms with van der Waals surface area (Å²) in [5.41, 5.74) is 1.81. The molecule has 1 aromatic carbocycles. The summed E-state index contributed by atoms with van der Waals surface area (Å²) < 4.78 is 0. The molecule has 2 aliphatic rings. The molecule has 1 saturated heterocycles. The van der Waals surface area contributed by atoms with Crippen molar-refractivity contribution >= 4 is 0 Å². The van der Waals surface area contributed by atoms with Crippen LogP contribution < -0.4 is 5.32 Å². The van der Waals surface area contributed by atoms with Crippen LogP contribution in [-0.2, 0) is 0 Å².